The quantitative estimate of drug-likeness (QED) is 0.499. The predicted molar refractivity (Wildman–Crippen MR) is 135 cm³/mol. The van der Waals surface area contributed by atoms with E-state index in [1.807, 2.05) is 11.8 Å². The van der Waals surface area contributed by atoms with Crippen LogP contribution in [0.2, 0.25) is 0 Å². The van der Waals surface area contributed by atoms with Crippen molar-refractivity contribution in [1.29, 1.82) is 0 Å². The lowest BCUT2D eigenvalue weighted by molar-refractivity contribution is 0.0603. The molecular weight excluding hydrogens is 457 g/mol. The van der Waals surface area contributed by atoms with Crippen LogP contribution in [0.5, 0.6) is 17.2 Å². The van der Waals surface area contributed by atoms with Crippen molar-refractivity contribution in [2.75, 3.05) is 18.0 Å². The van der Waals surface area contributed by atoms with Gasteiger partial charge in [0.05, 0.1) is 11.2 Å². The first-order valence-electron chi connectivity index (χ1n) is 11.3. The second kappa shape index (κ2) is 8.25. The molecule has 3 aromatic rings. The maximum atomic E-state index is 14.1. The van der Waals surface area contributed by atoms with Gasteiger partial charge in [0, 0.05) is 30.0 Å². The largest absolute Gasteiger partial charge is 0.501 e. The lowest BCUT2D eigenvalue weighted by atomic mass is 9.41. The van der Waals surface area contributed by atoms with Gasteiger partial charge in [-0.15, -0.1) is 5.10 Å². The predicted octanol–water partition coefficient (Wildman–Crippen LogP) is 0.142. The minimum atomic E-state index is -1.96. The molecule has 8 nitrogen and oxygen atoms in total. The van der Waals surface area contributed by atoms with E-state index in [0.717, 1.165) is 10.1 Å². The van der Waals surface area contributed by atoms with E-state index in [9.17, 15) is 9.18 Å². The third-order valence-electron chi connectivity index (χ3n) is 6.40. The maximum absolute atomic E-state index is 14.1. The molecule has 0 saturated carbocycles. The Morgan fingerprint density at radius 3 is 2.31 bits per heavy atom. The number of aryl methyl sites for hydroxylation is 2. The summed E-state index contributed by atoms with van der Waals surface area (Å²) in [5.41, 5.74) is -0.724. The molecule has 0 unspecified atom stereocenters. The lowest BCUT2D eigenvalue weighted by Crippen LogP contribution is -2.65. The van der Waals surface area contributed by atoms with Crippen molar-refractivity contribution in [1.82, 2.24) is 14.6 Å². The Morgan fingerprint density at radius 2 is 1.64 bits per heavy atom. The topological polar surface area (TPSA) is 78.2 Å². The van der Waals surface area contributed by atoms with Crippen LogP contribution in [0.1, 0.15) is 24.1 Å². The molecule has 0 atom stereocenters. The zero-order chi connectivity index (χ0) is 26.0. The average molecular weight is 475 g/mol. The number of halogens is 1. The summed E-state index contributed by atoms with van der Waals surface area (Å²) in [6, 6.07) is 6.47. The summed E-state index contributed by atoms with van der Waals surface area (Å²) < 4.78 is 32.2. The molecule has 1 fully saturated rings. The number of hydrogen-bond donors (Lipinski definition) is 0. The van der Waals surface area contributed by atoms with Crippen molar-refractivity contribution < 1.29 is 18.6 Å². The molecular formula is C22H18B5FN4O4. The fraction of sp³-hybridized carbons (Fsp3) is 0.409. The smallest absolute Gasteiger partial charge is 0.310 e. The Kier molecular flexibility index (Phi) is 5.65. The zero-order valence-corrected chi connectivity index (χ0v) is 19.8. The van der Waals surface area contributed by atoms with Crippen LogP contribution >= 0.6 is 0 Å². The van der Waals surface area contributed by atoms with Crippen molar-refractivity contribution >= 4 is 50.7 Å². The van der Waals surface area contributed by atoms with Gasteiger partial charge in [0.2, 0.25) is 5.82 Å². The summed E-state index contributed by atoms with van der Waals surface area (Å²) in [5, 5.41) is 0.487. The van der Waals surface area contributed by atoms with E-state index in [0.29, 0.717) is 37.5 Å². The molecule has 1 saturated heterocycles. The highest BCUT2D eigenvalue weighted by Crippen LogP contribution is 2.42. The normalized spacial score (nSPS) is 19.7. The summed E-state index contributed by atoms with van der Waals surface area (Å²) in [5.74, 6) is 0.503. The summed E-state index contributed by atoms with van der Waals surface area (Å²) in [4.78, 5) is 18.4. The number of benzene rings is 1. The van der Waals surface area contributed by atoms with E-state index >= 15 is 0 Å². The molecule has 0 amide bonds. The van der Waals surface area contributed by atoms with Crippen molar-refractivity contribution in [3.63, 3.8) is 0 Å². The van der Waals surface area contributed by atoms with E-state index in [-0.39, 0.29) is 22.8 Å². The van der Waals surface area contributed by atoms with Crippen molar-refractivity contribution in [3.05, 3.63) is 51.7 Å². The van der Waals surface area contributed by atoms with Crippen molar-refractivity contribution in [3.8, 4) is 17.2 Å². The molecule has 0 aliphatic carbocycles. The van der Waals surface area contributed by atoms with Gasteiger partial charge in [0.25, 0.3) is 0 Å². The van der Waals surface area contributed by atoms with Gasteiger partial charge in [-0.25, -0.2) is 4.98 Å². The third kappa shape index (κ3) is 4.14. The number of piperidine rings is 1. The maximum Gasteiger partial charge on any atom is 0.310 e. The number of aromatic nitrogens is 3. The van der Waals surface area contributed by atoms with E-state index in [4.69, 9.17) is 53.4 Å². The van der Waals surface area contributed by atoms with Gasteiger partial charge >= 0.3 is 5.56 Å². The summed E-state index contributed by atoms with van der Waals surface area (Å²) in [7, 11) is 29.8. The molecule has 4 heterocycles. The second-order valence-corrected chi connectivity index (χ2v) is 9.29. The van der Waals surface area contributed by atoms with Gasteiger partial charge in [-0.1, -0.05) is 0 Å². The first kappa shape index (κ1) is 24.6. The molecule has 172 valence electrons. The highest BCUT2D eigenvalue weighted by molar-refractivity contribution is 6.53. The van der Waals surface area contributed by atoms with Crippen molar-refractivity contribution in [2.24, 2.45) is 0 Å². The lowest BCUT2D eigenvalue weighted by Gasteiger charge is -2.48. The Balaban J connectivity index is 1.33. The second-order valence-electron chi connectivity index (χ2n) is 9.29. The van der Waals surface area contributed by atoms with Gasteiger partial charge in [0.15, 0.2) is 23.0 Å². The van der Waals surface area contributed by atoms with Crippen LogP contribution < -0.4 is 24.7 Å². The molecule has 0 N–H and O–H groups in total. The summed E-state index contributed by atoms with van der Waals surface area (Å²) in [6.45, 7) is 4.26. The number of hydrogen-bond acceptors (Lipinski definition) is 7. The van der Waals surface area contributed by atoms with Crippen LogP contribution in [0.4, 0.5) is 10.2 Å². The number of rotatable bonds is 3. The van der Waals surface area contributed by atoms with Gasteiger partial charge < -0.3 is 19.1 Å². The van der Waals surface area contributed by atoms with Crippen LogP contribution in [0.15, 0.2) is 29.1 Å². The number of ether oxygens (including phenoxy) is 3. The first-order chi connectivity index (χ1) is 16.8. The number of anilines is 1. The Bertz CT molecular complexity index is 1430. The summed E-state index contributed by atoms with van der Waals surface area (Å²) >= 11 is 0. The van der Waals surface area contributed by atoms with E-state index in [2.05, 4.69) is 10.1 Å². The molecule has 14 heteroatoms. The molecule has 2 aliphatic heterocycles. The minimum absolute atomic E-state index is 0.0325. The van der Waals surface area contributed by atoms with Gasteiger partial charge in [0.1, 0.15) is 45.0 Å². The van der Waals surface area contributed by atoms with Crippen LogP contribution in [-0.4, -0.2) is 83.2 Å². The molecule has 2 aromatic heterocycles. The van der Waals surface area contributed by atoms with Crippen LogP contribution in [0.3, 0.4) is 0 Å². The zero-order valence-electron chi connectivity index (χ0n) is 19.8. The monoisotopic (exact) mass is 476 g/mol. The third-order valence-corrected chi connectivity index (χ3v) is 6.40. The SMILES string of the molecule is [B]C1(Oc2ccc3c(c2)OC([B])([B])C([B])([B])O3)CCN(c2nn3c(=O)c(F)c(C)nc3cc2C)CC1. The highest BCUT2D eigenvalue weighted by Gasteiger charge is 2.43. The molecule has 0 bridgehead atoms. The first-order valence-corrected chi connectivity index (χ1v) is 11.3. The minimum Gasteiger partial charge on any atom is -0.501 e. The number of fused-ring (bicyclic) bond motifs is 2. The van der Waals surface area contributed by atoms with Crippen molar-refractivity contribution in [2.45, 2.75) is 43.0 Å². The van der Waals surface area contributed by atoms with E-state index < -0.39 is 27.7 Å². The molecule has 0 spiro atoms. The Morgan fingerprint density at radius 1 is 1.00 bits per heavy atom. The molecule has 36 heavy (non-hydrogen) atoms. The van der Waals surface area contributed by atoms with Gasteiger partial charge in [-0.05, 0) is 50.5 Å². The standard InChI is InChI=1S/C22H18B5FN4O4/c1-11-9-16-29-12(2)17(28)19(33)32(16)30-18(11)31-7-5-20(23,6-8-31)34-13-3-4-14-15(10-13)36-22(26,27)21(24,25)35-14/h3-4,9-10H,5-8H2,1-2H3. The average Bonchev–Trinajstić information content (AvgIpc) is 2.79. The fourth-order valence-electron chi connectivity index (χ4n) is 4.23. The molecule has 10 radical (unpaired) electrons. The van der Waals surface area contributed by atoms with Gasteiger partial charge in [-0.3, -0.25) is 4.79 Å². The van der Waals surface area contributed by atoms with E-state index in [1.165, 1.54) is 6.92 Å². The Labute approximate surface area is 213 Å². The number of nitrogens with zero attached hydrogens (tertiary/aromatic N) is 4. The van der Waals surface area contributed by atoms with E-state index in [1.54, 1.807) is 24.3 Å². The van der Waals surface area contributed by atoms with Gasteiger partial charge in [-0.2, -0.15) is 8.91 Å². The fourth-order valence-corrected chi connectivity index (χ4v) is 4.23. The highest BCUT2D eigenvalue weighted by atomic mass is 19.1. The molecule has 1 aromatic carbocycles. The van der Waals surface area contributed by atoms with Crippen LogP contribution in [0.25, 0.3) is 5.65 Å². The molecule has 5 rings (SSSR count). The summed E-state index contributed by atoms with van der Waals surface area (Å²) in [6.07, 6.45) is 0.866. The van der Waals surface area contributed by atoms with Crippen LogP contribution in [0, 0.1) is 19.7 Å². The Hall–Kier alpha value is -3.04. The molecule has 2 aliphatic rings. The van der Waals surface area contributed by atoms with Crippen LogP contribution in [-0.2, 0) is 0 Å².